The third-order valence-electron chi connectivity index (χ3n) is 3.93. The predicted molar refractivity (Wildman–Crippen MR) is 68.0 cm³/mol. The minimum atomic E-state index is -4.11. The molecule has 1 aromatic carbocycles. The van der Waals surface area contributed by atoms with Gasteiger partial charge in [0.1, 0.15) is 11.5 Å². The maximum atomic E-state index is 13.1. The Balaban J connectivity index is 1.67. The summed E-state index contributed by atoms with van der Waals surface area (Å²) in [4.78, 5) is 1.92. The Bertz CT molecular complexity index is 629. The van der Waals surface area contributed by atoms with E-state index < -0.39 is 17.9 Å². The molecule has 1 fully saturated rings. The number of halogens is 4. The van der Waals surface area contributed by atoms with Crippen LogP contribution in [0.2, 0.25) is 0 Å². The number of alkyl halides is 3. The molecule has 1 aliphatic heterocycles. The quantitative estimate of drug-likeness (QED) is 0.791. The van der Waals surface area contributed by atoms with Gasteiger partial charge in [0.05, 0.1) is 5.92 Å². The Hall–Kier alpha value is -1.63. The zero-order chi connectivity index (χ0) is 15.0. The van der Waals surface area contributed by atoms with E-state index >= 15 is 0 Å². The average molecular weight is 302 g/mol. The van der Waals surface area contributed by atoms with Gasteiger partial charge in [-0.2, -0.15) is 13.2 Å². The standard InChI is InChI=1S/C14H14F4N2O/c15-10-1-2-11-12(19-21-13(11)7-10)8-20-5-3-9(4-6-20)14(16,17)18/h1-2,7,9H,3-6,8H2. The largest absolute Gasteiger partial charge is 0.391 e. The fourth-order valence-electron chi connectivity index (χ4n) is 2.71. The Kier molecular flexibility index (Phi) is 3.61. The molecule has 21 heavy (non-hydrogen) atoms. The fraction of sp³-hybridized carbons (Fsp3) is 0.500. The fourth-order valence-corrected chi connectivity index (χ4v) is 2.71. The van der Waals surface area contributed by atoms with Gasteiger partial charge >= 0.3 is 6.18 Å². The molecule has 0 aliphatic carbocycles. The maximum Gasteiger partial charge on any atom is 0.391 e. The number of likely N-dealkylation sites (tertiary alicyclic amines) is 1. The molecule has 3 rings (SSSR count). The lowest BCUT2D eigenvalue weighted by Gasteiger charge is -2.32. The van der Waals surface area contributed by atoms with Crippen molar-refractivity contribution < 1.29 is 22.1 Å². The molecule has 1 aliphatic rings. The van der Waals surface area contributed by atoms with Crippen LogP contribution < -0.4 is 0 Å². The van der Waals surface area contributed by atoms with Crippen molar-refractivity contribution in [1.29, 1.82) is 0 Å². The Labute approximate surface area is 118 Å². The summed E-state index contributed by atoms with van der Waals surface area (Å²) in [5.74, 6) is -1.62. The van der Waals surface area contributed by atoms with E-state index in [1.807, 2.05) is 4.90 Å². The highest BCUT2D eigenvalue weighted by Gasteiger charge is 2.41. The zero-order valence-corrected chi connectivity index (χ0v) is 11.2. The molecule has 0 N–H and O–H groups in total. The molecule has 1 saturated heterocycles. The third-order valence-corrected chi connectivity index (χ3v) is 3.93. The topological polar surface area (TPSA) is 29.3 Å². The van der Waals surface area contributed by atoms with Crippen LogP contribution in [0.4, 0.5) is 17.6 Å². The van der Waals surface area contributed by atoms with Crippen LogP contribution in [0.1, 0.15) is 18.5 Å². The third kappa shape index (κ3) is 3.02. The second-order valence-corrected chi connectivity index (χ2v) is 5.36. The lowest BCUT2D eigenvalue weighted by atomic mass is 9.96. The molecule has 0 radical (unpaired) electrons. The number of hydrogen-bond acceptors (Lipinski definition) is 3. The van der Waals surface area contributed by atoms with Crippen molar-refractivity contribution in [1.82, 2.24) is 10.1 Å². The number of hydrogen-bond donors (Lipinski definition) is 0. The Morgan fingerprint density at radius 2 is 1.95 bits per heavy atom. The number of piperidine rings is 1. The van der Waals surface area contributed by atoms with Gasteiger partial charge < -0.3 is 4.52 Å². The normalized spacial score (nSPS) is 18.5. The lowest BCUT2D eigenvalue weighted by molar-refractivity contribution is -0.185. The van der Waals surface area contributed by atoms with Crippen LogP contribution in [0.25, 0.3) is 11.0 Å². The highest BCUT2D eigenvalue weighted by atomic mass is 19.4. The second kappa shape index (κ2) is 5.29. The lowest BCUT2D eigenvalue weighted by Crippen LogP contribution is -2.38. The molecule has 2 aromatic rings. The molecule has 0 atom stereocenters. The maximum absolute atomic E-state index is 13.1. The van der Waals surface area contributed by atoms with E-state index in [-0.39, 0.29) is 12.8 Å². The molecule has 0 bridgehead atoms. The summed E-state index contributed by atoms with van der Waals surface area (Å²) in [5, 5.41) is 4.60. The predicted octanol–water partition coefficient (Wildman–Crippen LogP) is 3.74. The first-order valence-corrected chi connectivity index (χ1v) is 6.76. The summed E-state index contributed by atoms with van der Waals surface area (Å²) in [6.07, 6.45) is -3.90. The summed E-state index contributed by atoms with van der Waals surface area (Å²) in [7, 11) is 0. The van der Waals surface area contributed by atoms with Gasteiger partial charge in [-0.3, -0.25) is 4.90 Å². The minimum Gasteiger partial charge on any atom is -0.356 e. The van der Waals surface area contributed by atoms with Gasteiger partial charge in [-0.05, 0) is 38.1 Å². The summed E-state index contributed by atoms with van der Waals surface area (Å²) >= 11 is 0. The Morgan fingerprint density at radius 3 is 2.62 bits per heavy atom. The van der Waals surface area contributed by atoms with Crippen LogP contribution in [0.5, 0.6) is 0 Å². The minimum absolute atomic E-state index is 0.105. The van der Waals surface area contributed by atoms with Crippen molar-refractivity contribution in [3.63, 3.8) is 0 Å². The van der Waals surface area contributed by atoms with Crippen LogP contribution in [0.3, 0.4) is 0 Å². The van der Waals surface area contributed by atoms with Gasteiger partial charge in [-0.1, -0.05) is 5.16 Å². The van der Waals surface area contributed by atoms with Gasteiger partial charge in [0.15, 0.2) is 5.58 Å². The highest BCUT2D eigenvalue weighted by molar-refractivity contribution is 5.79. The first-order chi connectivity index (χ1) is 9.93. The molecule has 0 amide bonds. The highest BCUT2D eigenvalue weighted by Crippen LogP contribution is 2.34. The molecule has 114 valence electrons. The number of benzene rings is 1. The molecule has 3 nitrogen and oxygen atoms in total. The molecule has 0 unspecified atom stereocenters. The number of rotatable bonds is 2. The summed E-state index contributed by atoms with van der Waals surface area (Å²) < 4.78 is 55.9. The molecule has 7 heteroatoms. The molecule has 0 spiro atoms. The van der Waals surface area contributed by atoms with E-state index in [4.69, 9.17) is 4.52 Å². The SMILES string of the molecule is Fc1ccc2c(CN3CCC(C(F)(F)F)CC3)noc2c1. The number of aromatic nitrogens is 1. The van der Waals surface area contributed by atoms with Crippen LogP contribution in [-0.4, -0.2) is 29.3 Å². The van der Waals surface area contributed by atoms with Crippen molar-refractivity contribution in [2.45, 2.75) is 25.6 Å². The molecule has 0 saturated carbocycles. The number of fused-ring (bicyclic) bond motifs is 1. The van der Waals surface area contributed by atoms with Gasteiger partial charge in [0.25, 0.3) is 0 Å². The monoisotopic (exact) mass is 302 g/mol. The van der Waals surface area contributed by atoms with Crippen molar-refractivity contribution in [3.8, 4) is 0 Å². The van der Waals surface area contributed by atoms with E-state index in [9.17, 15) is 17.6 Å². The van der Waals surface area contributed by atoms with E-state index in [1.165, 1.54) is 12.1 Å². The van der Waals surface area contributed by atoms with Crippen LogP contribution in [0, 0.1) is 11.7 Å². The van der Waals surface area contributed by atoms with Crippen LogP contribution in [0.15, 0.2) is 22.7 Å². The van der Waals surface area contributed by atoms with E-state index in [2.05, 4.69) is 5.16 Å². The summed E-state index contributed by atoms with van der Waals surface area (Å²) in [6.45, 7) is 1.17. The smallest absolute Gasteiger partial charge is 0.356 e. The van der Waals surface area contributed by atoms with Crippen molar-refractivity contribution >= 4 is 11.0 Å². The molecule has 2 heterocycles. The number of nitrogens with zero attached hydrogens (tertiary/aromatic N) is 2. The van der Waals surface area contributed by atoms with Gasteiger partial charge in [-0.15, -0.1) is 0 Å². The average Bonchev–Trinajstić information content (AvgIpc) is 2.80. The first-order valence-electron chi connectivity index (χ1n) is 6.76. The van der Waals surface area contributed by atoms with Crippen LogP contribution >= 0.6 is 0 Å². The van der Waals surface area contributed by atoms with Crippen molar-refractivity contribution in [2.75, 3.05) is 13.1 Å². The first kappa shape index (κ1) is 14.3. The van der Waals surface area contributed by atoms with Gasteiger partial charge in [0.2, 0.25) is 0 Å². The molecule has 1 aromatic heterocycles. The molecular formula is C14H14F4N2O. The van der Waals surface area contributed by atoms with Gasteiger partial charge in [0, 0.05) is 18.0 Å². The summed E-state index contributed by atoms with van der Waals surface area (Å²) in [6, 6.07) is 4.15. The van der Waals surface area contributed by atoms with E-state index in [0.29, 0.717) is 36.3 Å². The second-order valence-electron chi connectivity index (χ2n) is 5.36. The molecular weight excluding hydrogens is 288 g/mol. The Morgan fingerprint density at radius 1 is 1.24 bits per heavy atom. The van der Waals surface area contributed by atoms with Crippen molar-refractivity contribution in [2.24, 2.45) is 5.92 Å². The van der Waals surface area contributed by atoms with E-state index in [1.54, 1.807) is 6.07 Å². The van der Waals surface area contributed by atoms with Crippen LogP contribution in [-0.2, 0) is 6.54 Å². The summed E-state index contributed by atoms with van der Waals surface area (Å²) in [5.41, 5.74) is 0.991. The zero-order valence-electron chi connectivity index (χ0n) is 11.2. The van der Waals surface area contributed by atoms with E-state index in [0.717, 1.165) is 0 Å². The van der Waals surface area contributed by atoms with Crippen molar-refractivity contribution in [3.05, 3.63) is 29.7 Å². The van der Waals surface area contributed by atoms with Gasteiger partial charge in [-0.25, -0.2) is 4.39 Å².